The van der Waals surface area contributed by atoms with Gasteiger partial charge >= 0.3 is 0 Å². The number of hydrogen-bond donors (Lipinski definition) is 3. The largest absolute Gasteiger partial charge is 0.483 e. The molecule has 0 unspecified atom stereocenters. The predicted octanol–water partition coefficient (Wildman–Crippen LogP) is 0.523. The number of carbonyl (C=O) groups is 3. The molecule has 30 heavy (non-hydrogen) atoms. The van der Waals surface area contributed by atoms with Crippen LogP contribution in [0.25, 0.3) is 4.96 Å². The van der Waals surface area contributed by atoms with Crippen LogP contribution in [-0.4, -0.2) is 81.2 Å². The maximum absolute atomic E-state index is 13.1. The summed E-state index contributed by atoms with van der Waals surface area (Å²) < 4.78 is 7.11. The number of hydrogen-bond acceptors (Lipinski definition) is 7. The number of piperidine rings is 1. The molecule has 0 aliphatic carbocycles. The molecule has 2 aliphatic heterocycles. The van der Waals surface area contributed by atoms with Gasteiger partial charge in [0.2, 0.25) is 5.91 Å². The summed E-state index contributed by atoms with van der Waals surface area (Å²) in [6.07, 6.45) is 3.03. The minimum Gasteiger partial charge on any atom is -0.483 e. The number of imidazole rings is 1. The van der Waals surface area contributed by atoms with Crippen LogP contribution >= 0.6 is 11.3 Å². The molecule has 164 valence electrons. The molecule has 2 aliphatic rings. The topological polar surface area (TPSA) is 133 Å². The number of aromatic nitrogens is 2. The first-order valence-corrected chi connectivity index (χ1v) is 10.7. The lowest BCUT2D eigenvalue weighted by Gasteiger charge is -2.37. The van der Waals surface area contributed by atoms with E-state index in [1.165, 1.54) is 11.3 Å². The molecule has 2 amide bonds. The van der Waals surface area contributed by atoms with Crippen LogP contribution in [0.3, 0.4) is 0 Å². The normalized spacial score (nSPS) is 22.3. The second-order valence-corrected chi connectivity index (χ2v) is 8.19. The van der Waals surface area contributed by atoms with E-state index in [1.807, 2.05) is 22.9 Å². The van der Waals surface area contributed by atoms with E-state index < -0.39 is 12.1 Å². The van der Waals surface area contributed by atoms with Gasteiger partial charge in [0, 0.05) is 43.8 Å². The van der Waals surface area contributed by atoms with Gasteiger partial charge in [-0.2, -0.15) is 0 Å². The first-order valence-electron chi connectivity index (χ1n) is 9.81. The minimum absolute atomic E-state index is 0.0580. The van der Waals surface area contributed by atoms with Crippen molar-refractivity contribution in [1.29, 1.82) is 0 Å². The van der Waals surface area contributed by atoms with Gasteiger partial charge in [0.1, 0.15) is 5.69 Å². The molecule has 0 saturated carbocycles. The van der Waals surface area contributed by atoms with E-state index in [2.05, 4.69) is 10.3 Å². The number of fused-ring (bicyclic) bond motifs is 1. The lowest BCUT2D eigenvalue weighted by molar-refractivity contribution is -0.130. The molecule has 4 heterocycles. The molecule has 2 fully saturated rings. The number of carboxylic acid groups (broad SMARTS) is 1. The van der Waals surface area contributed by atoms with Crippen molar-refractivity contribution in [2.24, 2.45) is 5.92 Å². The van der Waals surface area contributed by atoms with Crippen LogP contribution in [0, 0.1) is 12.8 Å². The molecule has 0 radical (unpaired) electrons. The van der Waals surface area contributed by atoms with Gasteiger partial charge in [0.15, 0.2) is 4.96 Å². The highest BCUT2D eigenvalue weighted by Crippen LogP contribution is 2.22. The summed E-state index contributed by atoms with van der Waals surface area (Å²) in [4.78, 5) is 40.9. The fourth-order valence-electron chi connectivity index (χ4n) is 3.83. The molecule has 2 atom stereocenters. The van der Waals surface area contributed by atoms with Gasteiger partial charge in [-0.05, 0) is 26.2 Å². The zero-order chi connectivity index (χ0) is 21.7. The number of aliphatic hydroxyl groups excluding tert-OH is 1. The summed E-state index contributed by atoms with van der Waals surface area (Å²) in [5.41, 5.74) is 1.25. The Balaban J connectivity index is 0.000000806. The number of carbonyl (C=O) groups excluding carboxylic acids is 2. The van der Waals surface area contributed by atoms with Crippen LogP contribution < -0.4 is 5.32 Å². The molecule has 10 nitrogen and oxygen atoms in total. The summed E-state index contributed by atoms with van der Waals surface area (Å²) in [5, 5.41) is 22.1. The van der Waals surface area contributed by atoms with Crippen molar-refractivity contribution < 1.29 is 29.3 Å². The second kappa shape index (κ2) is 10.0. The lowest BCUT2D eigenvalue weighted by Crippen LogP contribution is -2.57. The molecule has 3 N–H and O–H groups in total. The van der Waals surface area contributed by atoms with Gasteiger partial charge in [-0.25, -0.2) is 4.98 Å². The highest BCUT2D eigenvalue weighted by molar-refractivity contribution is 7.15. The van der Waals surface area contributed by atoms with Crippen LogP contribution in [0.15, 0.2) is 11.6 Å². The van der Waals surface area contributed by atoms with Gasteiger partial charge in [-0.3, -0.25) is 18.8 Å². The SMILES string of the molecule is Cc1nc2sccn2c1C(=O)N1CC[C@@H](O)[C@H](NC(=O)C2CCOCC2)C1.O=CO. The van der Waals surface area contributed by atoms with Crippen molar-refractivity contribution in [1.82, 2.24) is 19.6 Å². The number of aryl methyl sites for hydroxylation is 1. The summed E-state index contributed by atoms with van der Waals surface area (Å²) in [7, 11) is 0. The number of amides is 2. The number of likely N-dealkylation sites (tertiary alicyclic amines) is 1. The Morgan fingerprint density at radius 2 is 2.03 bits per heavy atom. The smallest absolute Gasteiger partial charge is 0.290 e. The molecule has 4 rings (SSSR count). The summed E-state index contributed by atoms with van der Waals surface area (Å²) in [5.74, 6) is -0.257. The van der Waals surface area contributed by atoms with Gasteiger partial charge in [-0.15, -0.1) is 11.3 Å². The fourth-order valence-corrected chi connectivity index (χ4v) is 4.59. The molecule has 0 spiro atoms. The number of rotatable bonds is 3. The van der Waals surface area contributed by atoms with E-state index in [0.29, 0.717) is 57.0 Å². The first-order chi connectivity index (χ1) is 14.5. The third-order valence-corrected chi connectivity index (χ3v) is 6.18. The van der Waals surface area contributed by atoms with Crippen LogP contribution in [-0.2, 0) is 14.3 Å². The Bertz CT molecular complexity index is 891. The number of aliphatic hydroxyl groups is 1. The number of nitrogens with zero attached hydrogens (tertiary/aromatic N) is 3. The van der Waals surface area contributed by atoms with E-state index in [0.717, 1.165) is 4.96 Å². The van der Waals surface area contributed by atoms with Crippen LogP contribution in [0.2, 0.25) is 0 Å². The van der Waals surface area contributed by atoms with E-state index >= 15 is 0 Å². The Hall–Kier alpha value is -2.50. The third kappa shape index (κ3) is 4.79. The number of thiazole rings is 1. The Labute approximate surface area is 177 Å². The third-order valence-electron chi connectivity index (χ3n) is 5.42. The molecule has 2 saturated heterocycles. The van der Waals surface area contributed by atoms with Crippen molar-refractivity contribution in [2.75, 3.05) is 26.3 Å². The summed E-state index contributed by atoms with van der Waals surface area (Å²) in [6, 6.07) is -0.454. The maximum Gasteiger partial charge on any atom is 0.290 e. The second-order valence-electron chi connectivity index (χ2n) is 7.32. The van der Waals surface area contributed by atoms with Crippen molar-refractivity contribution in [2.45, 2.75) is 38.3 Å². The molecule has 11 heteroatoms. The molecule has 0 aromatic carbocycles. The van der Waals surface area contributed by atoms with Gasteiger partial charge in [-0.1, -0.05) is 0 Å². The molecular weight excluding hydrogens is 412 g/mol. The molecular formula is C19H26N4O6S. The van der Waals surface area contributed by atoms with Crippen LogP contribution in [0.4, 0.5) is 0 Å². The lowest BCUT2D eigenvalue weighted by atomic mass is 9.96. The maximum atomic E-state index is 13.1. The highest BCUT2D eigenvalue weighted by atomic mass is 32.1. The Kier molecular flexibility index (Phi) is 7.40. The van der Waals surface area contributed by atoms with E-state index in [1.54, 1.807) is 4.90 Å². The van der Waals surface area contributed by atoms with Crippen LogP contribution in [0.5, 0.6) is 0 Å². The highest BCUT2D eigenvalue weighted by Gasteiger charge is 2.34. The Morgan fingerprint density at radius 3 is 2.73 bits per heavy atom. The van der Waals surface area contributed by atoms with E-state index in [-0.39, 0.29) is 24.2 Å². The number of nitrogens with one attached hydrogen (secondary N) is 1. The zero-order valence-electron chi connectivity index (χ0n) is 16.7. The Morgan fingerprint density at radius 1 is 1.33 bits per heavy atom. The zero-order valence-corrected chi connectivity index (χ0v) is 17.5. The van der Waals surface area contributed by atoms with Crippen molar-refractivity contribution in [3.8, 4) is 0 Å². The average molecular weight is 439 g/mol. The van der Waals surface area contributed by atoms with E-state index in [4.69, 9.17) is 14.6 Å². The minimum atomic E-state index is -0.648. The summed E-state index contributed by atoms with van der Waals surface area (Å²) >= 11 is 1.49. The fraction of sp³-hybridized carbons (Fsp3) is 0.579. The summed E-state index contributed by atoms with van der Waals surface area (Å²) in [6.45, 7) is 3.52. The van der Waals surface area contributed by atoms with Gasteiger partial charge < -0.3 is 25.2 Å². The predicted molar refractivity (Wildman–Crippen MR) is 108 cm³/mol. The van der Waals surface area contributed by atoms with Crippen LogP contribution in [0.1, 0.15) is 35.4 Å². The first kappa shape index (κ1) is 22.2. The molecule has 2 aromatic heterocycles. The molecule has 0 bridgehead atoms. The average Bonchev–Trinajstić information content (AvgIpc) is 3.30. The molecule has 2 aromatic rings. The van der Waals surface area contributed by atoms with Crippen molar-refractivity contribution in [3.05, 3.63) is 23.0 Å². The van der Waals surface area contributed by atoms with Gasteiger partial charge in [0.05, 0.1) is 17.8 Å². The quantitative estimate of drug-likeness (QED) is 0.595. The number of ether oxygens (including phenoxy) is 1. The van der Waals surface area contributed by atoms with E-state index in [9.17, 15) is 14.7 Å². The standard InChI is InChI=1S/C18H24N4O4S.CH2O2/c1-11-15(22-6-9-27-18(22)19-11)17(25)21-5-2-14(23)13(10-21)20-16(24)12-3-7-26-8-4-12;2-1-3/h6,9,12-14,23H,2-5,7-8,10H2,1H3,(H,20,24);1H,(H,2,3)/t13-,14-;/m1./s1. The van der Waals surface area contributed by atoms with Gasteiger partial charge in [0.25, 0.3) is 12.4 Å². The van der Waals surface area contributed by atoms with Crippen molar-refractivity contribution in [3.63, 3.8) is 0 Å². The monoisotopic (exact) mass is 438 g/mol. The van der Waals surface area contributed by atoms with Crippen molar-refractivity contribution >= 4 is 34.6 Å².